The van der Waals surface area contributed by atoms with Crippen LogP contribution in [-0.4, -0.2) is 94.4 Å². The Kier molecular flexibility index (Phi) is 9.60. The molecule has 58 heavy (non-hydrogen) atoms. The lowest BCUT2D eigenvalue weighted by molar-refractivity contribution is 0.0224. The average Bonchev–Trinajstić information content (AvgIpc) is 3.84. The average molecular weight is 779 g/mol. The van der Waals surface area contributed by atoms with Gasteiger partial charge in [-0.05, 0) is 61.4 Å². The maximum Gasteiger partial charge on any atom is 0.340 e. The van der Waals surface area contributed by atoms with E-state index in [1.807, 2.05) is 117 Å². The van der Waals surface area contributed by atoms with Gasteiger partial charge >= 0.3 is 5.97 Å². The van der Waals surface area contributed by atoms with Crippen molar-refractivity contribution in [3.05, 3.63) is 119 Å². The standard InChI is InChI=1S/C45H46N8O5/c1-51(2)29-11-14-35-38(25-29)57-39-26-30(52(3)4)12-15-36(39)45(35)34-13-10-28(24-33(34)44(55)58-45)43(54)48-18-6-5-17-47-40-27-41(53-20-22-56-23-21-53)50-42(49-40)32-8-7-9-37-31(32)16-19-46-37/h7-16,19,24-27,46H,5-6,17-18,20-23H2,1-4H3,(H,48,54)(H,47,49,50). The lowest BCUT2D eigenvalue weighted by atomic mass is 9.77. The van der Waals surface area contributed by atoms with E-state index in [0.717, 1.165) is 76.5 Å². The van der Waals surface area contributed by atoms with E-state index in [9.17, 15) is 9.59 Å². The molecular weight excluding hydrogens is 733 g/mol. The molecule has 3 aliphatic rings. The molecule has 13 heteroatoms. The SMILES string of the molecule is CN(C)c1ccc2c(c1)Oc1cc(N(C)C)ccc1C21OC(=O)c2cc(C(=O)NCCCCNc3cc(N4CCOCC4)nc(-c4cccc5[nH]ccc45)n3)ccc21. The molecule has 1 spiro atoms. The van der Waals surface area contributed by atoms with Gasteiger partial charge in [-0.25, -0.2) is 14.8 Å². The van der Waals surface area contributed by atoms with Crippen LogP contribution in [0.1, 0.15) is 50.2 Å². The van der Waals surface area contributed by atoms with Crippen molar-refractivity contribution in [3.8, 4) is 22.9 Å². The maximum absolute atomic E-state index is 13.8. The monoisotopic (exact) mass is 778 g/mol. The number of nitrogens with zero attached hydrogens (tertiary/aromatic N) is 5. The second kappa shape index (κ2) is 15.1. The molecule has 0 atom stereocenters. The maximum atomic E-state index is 13.8. The molecule has 9 rings (SSSR count). The lowest BCUT2D eigenvalue weighted by Gasteiger charge is -2.37. The fraction of sp³-hybridized carbons (Fsp3) is 0.289. The summed E-state index contributed by atoms with van der Waals surface area (Å²) in [5, 5.41) is 7.60. The predicted octanol–water partition coefficient (Wildman–Crippen LogP) is 6.78. The highest BCUT2D eigenvalue weighted by Gasteiger charge is 2.53. The molecule has 2 aromatic heterocycles. The first-order valence-electron chi connectivity index (χ1n) is 19.7. The Hall–Kier alpha value is -6.60. The number of aromatic nitrogens is 3. The van der Waals surface area contributed by atoms with Crippen LogP contribution < -0.4 is 30.1 Å². The van der Waals surface area contributed by atoms with Crippen LogP contribution in [0.5, 0.6) is 11.5 Å². The van der Waals surface area contributed by atoms with Crippen molar-refractivity contribution >= 4 is 45.8 Å². The minimum Gasteiger partial charge on any atom is -0.456 e. The van der Waals surface area contributed by atoms with E-state index < -0.39 is 11.6 Å². The largest absolute Gasteiger partial charge is 0.456 e. The zero-order chi connectivity index (χ0) is 40.0. The Morgan fingerprint density at radius 1 is 0.810 bits per heavy atom. The van der Waals surface area contributed by atoms with Crippen LogP contribution in [0.3, 0.4) is 0 Å². The number of rotatable bonds is 11. The van der Waals surface area contributed by atoms with E-state index in [1.165, 1.54) is 0 Å². The zero-order valence-corrected chi connectivity index (χ0v) is 33.1. The third-order valence-electron chi connectivity index (χ3n) is 11.1. The fourth-order valence-corrected chi connectivity index (χ4v) is 8.05. The summed E-state index contributed by atoms with van der Waals surface area (Å²) < 4.78 is 18.5. The number of fused-ring (bicyclic) bond motifs is 7. The first kappa shape index (κ1) is 37.0. The summed E-state index contributed by atoms with van der Waals surface area (Å²) in [4.78, 5) is 46.6. The Balaban J connectivity index is 0.886. The van der Waals surface area contributed by atoms with Crippen molar-refractivity contribution in [1.29, 1.82) is 0 Å². The second-order valence-corrected chi connectivity index (χ2v) is 15.3. The summed E-state index contributed by atoms with van der Waals surface area (Å²) in [5.74, 6) is 2.75. The minimum atomic E-state index is -1.23. The Labute approximate surface area is 336 Å². The van der Waals surface area contributed by atoms with Crippen LogP contribution >= 0.6 is 0 Å². The van der Waals surface area contributed by atoms with Gasteiger partial charge < -0.3 is 44.5 Å². The quantitative estimate of drug-likeness (QED) is 0.0949. The van der Waals surface area contributed by atoms with Crippen LogP contribution in [0, 0.1) is 0 Å². The number of unbranched alkanes of at least 4 members (excludes halogenated alkanes) is 1. The molecule has 0 saturated carbocycles. The van der Waals surface area contributed by atoms with Crippen LogP contribution in [0.2, 0.25) is 0 Å². The topological polar surface area (TPSA) is 137 Å². The Morgan fingerprint density at radius 2 is 1.52 bits per heavy atom. The van der Waals surface area contributed by atoms with Crippen molar-refractivity contribution in [2.45, 2.75) is 18.4 Å². The molecule has 0 bridgehead atoms. The molecular formula is C45H46N8O5. The summed E-state index contributed by atoms with van der Waals surface area (Å²) >= 11 is 0. The van der Waals surface area contributed by atoms with Crippen LogP contribution in [0.15, 0.2) is 91.1 Å². The molecule has 6 aromatic rings. The number of amides is 1. The third kappa shape index (κ3) is 6.60. The number of hydrogen-bond acceptors (Lipinski definition) is 11. The molecule has 13 nitrogen and oxygen atoms in total. The van der Waals surface area contributed by atoms with Crippen LogP contribution in [0.25, 0.3) is 22.3 Å². The van der Waals surface area contributed by atoms with E-state index in [1.54, 1.807) is 12.1 Å². The van der Waals surface area contributed by atoms with Crippen LogP contribution in [-0.2, 0) is 15.1 Å². The van der Waals surface area contributed by atoms with E-state index in [0.29, 0.717) is 60.3 Å². The summed E-state index contributed by atoms with van der Waals surface area (Å²) in [6.45, 7) is 3.98. The number of carbonyl (C=O) groups is 2. The number of esters is 1. The van der Waals surface area contributed by atoms with Gasteiger partial charge in [-0.1, -0.05) is 18.2 Å². The van der Waals surface area contributed by atoms with Gasteiger partial charge in [0.1, 0.15) is 23.1 Å². The first-order valence-corrected chi connectivity index (χ1v) is 19.7. The van der Waals surface area contributed by atoms with Crippen molar-refractivity contribution in [3.63, 3.8) is 0 Å². The summed E-state index contributed by atoms with van der Waals surface area (Å²) in [5.41, 5.74) is 5.58. The van der Waals surface area contributed by atoms with E-state index in [2.05, 4.69) is 20.5 Å². The van der Waals surface area contributed by atoms with Crippen molar-refractivity contribution in [1.82, 2.24) is 20.3 Å². The van der Waals surface area contributed by atoms with Crippen LogP contribution in [0.4, 0.5) is 23.0 Å². The van der Waals surface area contributed by atoms with Gasteiger partial charge in [-0.2, -0.15) is 0 Å². The molecule has 1 fully saturated rings. The summed E-state index contributed by atoms with van der Waals surface area (Å²) in [6.07, 6.45) is 3.46. The fourth-order valence-electron chi connectivity index (χ4n) is 8.05. The normalized spacial score (nSPS) is 15.0. The van der Waals surface area contributed by atoms with Gasteiger partial charge in [0.05, 0.1) is 18.8 Å². The number of carbonyl (C=O) groups excluding carboxylic acids is 2. The number of ether oxygens (including phenoxy) is 3. The molecule has 0 radical (unpaired) electrons. The number of benzene rings is 4. The summed E-state index contributed by atoms with van der Waals surface area (Å²) in [6, 6.07) is 27.2. The molecule has 1 saturated heterocycles. The Bertz CT molecular complexity index is 2490. The van der Waals surface area contributed by atoms with Gasteiger partial charge in [0.2, 0.25) is 0 Å². The van der Waals surface area contributed by atoms with Gasteiger partial charge in [-0.15, -0.1) is 0 Å². The number of morpholine rings is 1. The van der Waals surface area contributed by atoms with E-state index >= 15 is 0 Å². The zero-order valence-electron chi connectivity index (χ0n) is 33.1. The number of anilines is 4. The molecule has 296 valence electrons. The van der Waals surface area contributed by atoms with Crippen molar-refractivity contribution in [2.75, 3.05) is 87.6 Å². The van der Waals surface area contributed by atoms with E-state index in [-0.39, 0.29) is 5.91 Å². The van der Waals surface area contributed by atoms with Gasteiger partial charge in [0, 0.05) is 129 Å². The molecule has 3 aliphatic heterocycles. The molecule has 5 heterocycles. The number of aromatic amines is 1. The molecule has 4 aromatic carbocycles. The Morgan fingerprint density at radius 3 is 2.24 bits per heavy atom. The highest BCUT2D eigenvalue weighted by Crippen LogP contribution is 2.57. The first-order chi connectivity index (χ1) is 28.2. The minimum absolute atomic E-state index is 0.252. The molecule has 0 unspecified atom stereocenters. The van der Waals surface area contributed by atoms with Gasteiger partial charge in [0.15, 0.2) is 11.4 Å². The van der Waals surface area contributed by atoms with E-state index in [4.69, 9.17) is 24.2 Å². The van der Waals surface area contributed by atoms with Gasteiger partial charge in [0.25, 0.3) is 5.91 Å². The number of H-pyrrole nitrogens is 1. The van der Waals surface area contributed by atoms with Gasteiger partial charge in [-0.3, -0.25) is 4.79 Å². The summed E-state index contributed by atoms with van der Waals surface area (Å²) in [7, 11) is 7.88. The second-order valence-electron chi connectivity index (χ2n) is 15.3. The number of hydrogen-bond donors (Lipinski definition) is 3. The molecule has 1 amide bonds. The van der Waals surface area contributed by atoms with Crippen molar-refractivity contribution in [2.24, 2.45) is 0 Å². The lowest BCUT2D eigenvalue weighted by Crippen LogP contribution is -2.36. The van der Waals surface area contributed by atoms with Crippen molar-refractivity contribution < 1.29 is 23.8 Å². The highest BCUT2D eigenvalue weighted by molar-refractivity contribution is 6.02. The smallest absolute Gasteiger partial charge is 0.340 e. The highest BCUT2D eigenvalue weighted by atomic mass is 16.6. The molecule has 3 N–H and O–H groups in total. The molecule has 0 aliphatic carbocycles. The predicted molar refractivity (Wildman–Crippen MR) is 226 cm³/mol. The third-order valence-corrected chi connectivity index (χ3v) is 11.1. The number of nitrogens with one attached hydrogen (secondary N) is 3.